The number of hydrogen-bond acceptors (Lipinski definition) is 4. The van der Waals surface area contributed by atoms with Crippen molar-refractivity contribution in [2.45, 2.75) is 26.4 Å². The quantitative estimate of drug-likeness (QED) is 0.918. The molecule has 6 nitrogen and oxygen atoms in total. The first-order chi connectivity index (χ1) is 7.70. The van der Waals surface area contributed by atoms with E-state index in [1.807, 2.05) is 10.9 Å². The standard InChI is InChI=1S/C9H13BrN6/c1-2-3-16-8(12-6-13-16)5-15-4-7(10)9(11)14-15/h4,6H,2-3,5H2,1H3,(H2,11,14). The van der Waals surface area contributed by atoms with Crippen LogP contribution in [0, 0.1) is 0 Å². The van der Waals surface area contributed by atoms with E-state index in [0.29, 0.717) is 12.4 Å². The predicted molar refractivity (Wildman–Crippen MR) is 63.8 cm³/mol. The number of halogens is 1. The SMILES string of the molecule is CCCn1ncnc1Cn1cc(Br)c(N)n1. The van der Waals surface area contributed by atoms with Crippen LogP contribution >= 0.6 is 15.9 Å². The van der Waals surface area contributed by atoms with Crippen molar-refractivity contribution < 1.29 is 0 Å². The zero-order chi connectivity index (χ0) is 11.5. The lowest BCUT2D eigenvalue weighted by atomic mass is 10.5. The molecule has 0 spiro atoms. The van der Waals surface area contributed by atoms with Gasteiger partial charge >= 0.3 is 0 Å². The molecule has 7 heteroatoms. The zero-order valence-corrected chi connectivity index (χ0v) is 10.6. The minimum Gasteiger partial charge on any atom is -0.381 e. The highest BCUT2D eigenvalue weighted by molar-refractivity contribution is 9.10. The van der Waals surface area contributed by atoms with Crippen LogP contribution in [0.2, 0.25) is 0 Å². The van der Waals surface area contributed by atoms with Crippen molar-refractivity contribution in [3.8, 4) is 0 Å². The molecule has 0 aromatic carbocycles. The molecule has 2 heterocycles. The summed E-state index contributed by atoms with van der Waals surface area (Å²) in [4.78, 5) is 4.20. The number of nitrogen functional groups attached to an aromatic ring is 1. The van der Waals surface area contributed by atoms with Crippen LogP contribution in [0.4, 0.5) is 5.82 Å². The molecule has 86 valence electrons. The Balaban J connectivity index is 2.16. The van der Waals surface area contributed by atoms with Gasteiger partial charge in [0.25, 0.3) is 0 Å². The van der Waals surface area contributed by atoms with Crippen molar-refractivity contribution in [3.63, 3.8) is 0 Å². The molecular formula is C9H13BrN6. The van der Waals surface area contributed by atoms with Crippen molar-refractivity contribution >= 4 is 21.7 Å². The van der Waals surface area contributed by atoms with Crippen LogP contribution in [-0.4, -0.2) is 24.5 Å². The smallest absolute Gasteiger partial charge is 0.159 e. The number of aryl methyl sites for hydroxylation is 1. The molecule has 0 radical (unpaired) electrons. The molecule has 2 aromatic heterocycles. The third kappa shape index (κ3) is 2.24. The molecular weight excluding hydrogens is 272 g/mol. The summed E-state index contributed by atoms with van der Waals surface area (Å²) >= 11 is 3.32. The molecule has 0 amide bonds. The first-order valence-electron chi connectivity index (χ1n) is 5.05. The van der Waals surface area contributed by atoms with Gasteiger partial charge in [-0.1, -0.05) is 6.92 Å². The summed E-state index contributed by atoms with van der Waals surface area (Å²) < 4.78 is 4.43. The maximum Gasteiger partial charge on any atom is 0.159 e. The number of rotatable bonds is 4. The maximum atomic E-state index is 5.64. The van der Waals surface area contributed by atoms with Crippen LogP contribution in [0.3, 0.4) is 0 Å². The lowest BCUT2D eigenvalue weighted by molar-refractivity contribution is 0.539. The fraction of sp³-hybridized carbons (Fsp3) is 0.444. The molecule has 2 rings (SSSR count). The molecule has 0 bridgehead atoms. The third-order valence-corrected chi connectivity index (χ3v) is 2.79. The van der Waals surface area contributed by atoms with E-state index in [1.54, 1.807) is 11.0 Å². The van der Waals surface area contributed by atoms with E-state index in [0.717, 1.165) is 23.3 Å². The molecule has 0 unspecified atom stereocenters. The fourth-order valence-corrected chi connectivity index (χ4v) is 1.76. The van der Waals surface area contributed by atoms with Crippen molar-refractivity contribution in [1.29, 1.82) is 0 Å². The summed E-state index contributed by atoms with van der Waals surface area (Å²) in [6.45, 7) is 3.55. The van der Waals surface area contributed by atoms with Gasteiger partial charge in [0.1, 0.15) is 18.7 Å². The van der Waals surface area contributed by atoms with Crippen LogP contribution < -0.4 is 5.73 Å². The fourth-order valence-electron chi connectivity index (χ4n) is 1.45. The van der Waals surface area contributed by atoms with E-state index >= 15 is 0 Å². The lowest BCUT2D eigenvalue weighted by Crippen LogP contribution is -2.10. The monoisotopic (exact) mass is 284 g/mol. The summed E-state index contributed by atoms with van der Waals surface area (Å²) in [6.07, 6.45) is 4.43. The minimum atomic E-state index is 0.488. The molecule has 0 aliphatic rings. The van der Waals surface area contributed by atoms with Crippen molar-refractivity contribution in [2.75, 3.05) is 5.73 Å². The normalized spacial score (nSPS) is 10.9. The van der Waals surface area contributed by atoms with Gasteiger partial charge in [-0.05, 0) is 22.4 Å². The van der Waals surface area contributed by atoms with E-state index in [2.05, 4.69) is 38.0 Å². The molecule has 2 N–H and O–H groups in total. The molecule has 0 aliphatic carbocycles. The van der Waals surface area contributed by atoms with E-state index in [4.69, 9.17) is 5.73 Å². The summed E-state index contributed by atoms with van der Waals surface area (Å²) in [5, 5.41) is 8.31. The first kappa shape index (κ1) is 11.1. The summed E-state index contributed by atoms with van der Waals surface area (Å²) in [5.74, 6) is 1.37. The Morgan fingerprint density at radius 1 is 1.50 bits per heavy atom. The first-order valence-corrected chi connectivity index (χ1v) is 5.85. The highest BCUT2D eigenvalue weighted by Crippen LogP contribution is 2.16. The second kappa shape index (κ2) is 4.65. The summed E-state index contributed by atoms with van der Waals surface area (Å²) in [5.41, 5.74) is 5.64. The van der Waals surface area contributed by atoms with Crippen LogP contribution in [0.1, 0.15) is 19.2 Å². The Morgan fingerprint density at radius 2 is 2.31 bits per heavy atom. The summed E-state index contributed by atoms with van der Waals surface area (Å²) in [6, 6.07) is 0. The number of nitrogens with zero attached hydrogens (tertiary/aromatic N) is 5. The van der Waals surface area contributed by atoms with E-state index < -0.39 is 0 Å². The number of aromatic nitrogens is 5. The van der Waals surface area contributed by atoms with Crippen LogP contribution in [0.15, 0.2) is 17.0 Å². The minimum absolute atomic E-state index is 0.488. The average Bonchev–Trinajstić information content (AvgIpc) is 2.77. The van der Waals surface area contributed by atoms with Gasteiger partial charge < -0.3 is 5.73 Å². The zero-order valence-electron chi connectivity index (χ0n) is 8.97. The van der Waals surface area contributed by atoms with Gasteiger partial charge in [-0.2, -0.15) is 10.2 Å². The third-order valence-electron chi connectivity index (χ3n) is 2.18. The highest BCUT2D eigenvalue weighted by Gasteiger charge is 2.07. The lowest BCUT2D eigenvalue weighted by Gasteiger charge is -2.03. The number of hydrogen-bond donors (Lipinski definition) is 1. The van der Waals surface area contributed by atoms with Gasteiger partial charge in [-0.3, -0.25) is 4.68 Å². The van der Waals surface area contributed by atoms with Gasteiger partial charge in [0, 0.05) is 12.7 Å². The second-order valence-corrected chi connectivity index (χ2v) is 4.31. The van der Waals surface area contributed by atoms with E-state index in [1.165, 1.54) is 0 Å². The van der Waals surface area contributed by atoms with E-state index in [9.17, 15) is 0 Å². The predicted octanol–water partition coefficient (Wildman–Crippen LogP) is 1.28. The van der Waals surface area contributed by atoms with Gasteiger partial charge in [0.05, 0.1) is 4.47 Å². The van der Waals surface area contributed by atoms with Crippen molar-refractivity contribution in [1.82, 2.24) is 24.5 Å². The topological polar surface area (TPSA) is 74.5 Å². The Morgan fingerprint density at radius 3 is 2.94 bits per heavy atom. The Hall–Kier alpha value is -1.37. The molecule has 0 aliphatic heterocycles. The average molecular weight is 285 g/mol. The largest absolute Gasteiger partial charge is 0.381 e. The second-order valence-electron chi connectivity index (χ2n) is 3.46. The van der Waals surface area contributed by atoms with Crippen LogP contribution in [0.5, 0.6) is 0 Å². The molecule has 16 heavy (non-hydrogen) atoms. The molecule has 0 atom stereocenters. The Bertz CT molecular complexity index is 455. The van der Waals surface area contributed by atoms with Crippen molar-refractivity contribution in [2.24, 2.45) is 0 Å². The van der Waals surface area contributed by atoms with Crippen LogP contribution in [0.25, 0.3) is 0 Å². The maximum absolute atomic E-state index is 5.64. The Labute approximate surface area is 102 Å². The molecule has 2 aromatic rings. The molecule has 0 saturated heterocycles. The van der Waals surface area contributed by atoms with Gasteiger partial charge in [-0.25, -0.2) is 9.67 Å². The molecule has 0 fully saturated rings. The number of anilines is 1. The van der Waals surface area contributed by atoms with Gasteiger partial charge in [0.2, 0.25) is 0 Å². The highest BCUT2D eigenvalue weighted by atomic mass is 79.9. The van der Waals surface area contributed by atoms with Crippen LogP contribution in [-0.2, 0) is 13.1 Å². The summed E-state index contributed by atoms with van der Waals surface area (Å²) in [7, 11) is 0. The van der Waals surface area contributed by atoms with Crippen molar-refractivity contribution in [3.05, 3.63) is 22.8 Å². The van der Waals surface area contributed by atoms with E-state index in [-0.39, 0.29) is 0 Å². The number of nitrogens with two attached hydrogens (primary N) is 1. The van der Waals surface area contributed by atoms with Gasteiger partial charge in [-0.15, -0.1) is 0 Å². The molecule has 0 saturated carbocycles. The Kier molecular flexibility index (Phi) is 3.23. The van der Waals surface area contributed by atoms with Gasteiger partial charge in [0.15, 0.2) is 5.82 Å².